The van der Waals surface area contributed by atoms with E-state index in [1.807, 2.05) is 6.07 Å². The molecule has 0 fully saturated rings. The average Bonchev–Trinajstić information content (AvgIpc) is 2.35. The van der Waals surface area contributed by atoms with E-state index >= 15 is 0 Å². The van der Waals surface area contributed by atoms with Gasteiger partial charge in [-0.15, -0.1) is 0 Å². The van der Waals surface area contributed by atoms with Crippen molar-refractivity contribution in [3.05, 3.63) is 33.3 Å². The van der Waals surface area contributed by atoms with E-state index in [1.165, 1.54) is 0 Å². The van der Waals surface area contributed by atoms with Crippen molar-refractivity contribution in [2.24, 2.45) is 5.92 Å². The van der Waals surface area contributed by atoms with Gasteiger partial charge in [-0.2, -0.15) is 5.26 Å². The second-order valence-corrected chi connectivity index (χ2v) is 5.90. The van der Waals surface area contributed by atoms with Crippen LogP contribution in [0.4, 0.5) is 5.69 Å². The summed E-state index contributed by atoms with van der Waals surface area (Å²) in [5.41, 5.74) is -0.297. The van der Waals surface area contributed by atoms with Crippen molar-refractivity contribution < 1.29 is 13.3 Å². The summed E-state index contributed by atoms with van der Waals surface area (Å²) in [6, 6.07) is 4.95. The summed E-state index contributed by atoms with van der Waals surface area (Å²) in [4.78, 5) is 9.58. The lowest BCUT2D eigenvalue weighted by molar-refractivity contribution is -0.384. The number of nitro benzene ring substituents is 1. The summed E-state index contributed by atoms with van der Waals surface area (Å²) < 4.78 is 26.0. The van der Waals surface area contributed by atoms with E-state index in [9.17, 15) is 18.5 Å². The minimum Gasteiger partial charge on any atom is -0.258 e. The molecule has 1 N–H and O–H groups in total. The number of non-ortho nitro benzene ring substituents is 1. The molecule has 0 aliphatic rings. The Balaban J connectivity index is 3.03. The normalized spacial score (nSPS) is 12.7. The Morgan fingerprint density at radius 2 is 2.21 bits per heavy atom. The predicted octanol–water partition coefficient (Wildman–Crippen LogP) is 1.69. The van der Waals surface area contributed by atoms with Crippen LogP contribution in [0.5, 0.6) is 0 Å². The number of nitrogens with one attached hydrogen (secondary N) is 1. The van der Waals surface area contributed by atoms with Crippen LogP contribution >= 0.6 is 11.6 Å². The Morgan fingerprint density at radius 1 is 1.58 bits per heavy atom. The van der Waals surface area contributed by atoms with Gasteiger partial charge in [-0.1, -0.05) is 11.6 Å². The molecule has 0 radical (unpaired) electrons. The quantitative estimate of drug-likeness (QED) is 0.656. The highest BCUT2D eigenvalue weighted by Gasteiger charge is 2.20. The van der Waals surface area contributed by atoms with Gasteiger partial charge in [-0.25, -0.2) is 13.1 Å². The summed E-state index contributed by atoms with van der Waals surface area (Å²) in [6.45, 7) is 1.49. The van der Waals surface area contributed by atoms with Crippen LogP contribution in [0.15, 0.2) is 23.1 Å². The van der Waals surface area contributed by atoms with Crippen molar-refractivity contribution in [1.29, 1.82) is 5.26 Å². The second-order valence-electron chi connectivity index (χ2n) is 3.75. The van der Waals surface area contributed by atoms with Crippen LogP contribution < -0.4 is 4.72 Å². The highest BCUT2D eigenvalue weighted by Crippen LogP contribution is 2.25. The van der Waals surface area contributed by atoms with E-state index < -0.39 is 20.9 Å². The van der Waals surface area contributed by atoms with Gasteiger partial charge in [0.1, 0.15) is 4.90 Å². The first-order chi connectivity index (χ1) is 8.77. The van der Waals surface area contributed by atoms with Gasteiger partial charge < -0.3 is 0 Å². The maximum Gasteiger partial charge on any atom is 0.271 e. The highest BCUT2D eigenvalue weighted by molar-refractivity contribution is 7.89. The van der Waals surface area contributed by atoms with Crippen molar-refractivity contribution >= 4 is 27.3 Å². The van der Waals surface area contributed by atoms with Gasteiger partial charge in [0.25, 0.3) is 5.69 Å². The Morgan fingerprint density at radius 3 is 2.68 bits per heavy atom. The summed E-state index contributed by atoms with van der Waals surface area (Å²) in [5, 5.41) is 18.8. The molecule has 1 rings (SSSR count). The molecule has 0 saturated carbocycles. The maximum atomic E-state index is 11.9. The number of benzene rings is 1. The van der Waals surface area contributed by atoms with Crippen LogP contribution in [0, 0.1) is 27.4 Å². The number of nitro groups is 1. The fourth-order valence-electron chi connectivity index (χ4n) is 1.18. The van der Waals surface area contributed by atoms with Gasteiger partial charge in [-0.05, 0) is 13.0 Å². The first kappa shape index (κ1) is 15.4. The zero-order valence-electron chi connectivity index (χ0n) is 9.83. The topological polar surface area (TPSA) is 113 Å². The number of sulfonamides is 1. The number of hydrogen-bond donors (Lipinski definition) is 1. The van der Waals surface area contributed by atoms with Gasteiger partial charge in [-0.3, -0.25) is 10.1 Å². The Labute approximate surface area is 115 Å². The smallest absolute Gasteiger partial charge is 0.258 e. The SMILES string of the molecule is CC(C#N)CNS(=O)(=O)c1ccc([N+](=O)[O-])cc1Cl. The fourth-order valence-corrected chi connectivity index (χ4v) is 2.85. The molecule has 0 aromatic heterocycles. The third kappa shape index (κ3) is 3.89. The lowest BCUT2D eigenvalue weighted by atomic mass is 10.2. The second kappa shape index (κ2) is 5.97. The van der Waals surface area contributed by atoms with Crippen LogP contribution in [0.1, 0.15) is 6.92 Å². The minimum absolute atomic E-state index is 0.0633. The molecule has 1 unspecified atom stereocenters. The molecular weight excluding hydrogens is 294 g/mol. The molecule has 102 valence electrons. The van der Waals surface area contributed by atoms with Crippen LogP contribution in [-0.2, 0) is 10.0 Å². The van der Waals surface area contributed by atoms with Crippen molar-refractivity contribution in [2.75, 3.05) is 6.54 Å². The zero-order chi connectivity index (χ0) is 14.6. The average molecular weight is 304 g/mol. The molecule has 0 saturated heterocycles. The maximum absolute atomic E-state index is 11.9. The largest absolute Gasteiger partial charge is 0.271 e. The molecule has 9 heteroatoms. The summed E-state index contributed by atoms with van der Waals surface area (Å²) in [7, 11) is -3.89. The number of hydrogen-bond acceptors (Lipinski definition) is 5. The van der Waals surface area contributed by atoms with Crippen LogP contribution in [-0.4, -0.2) is 19.9 Å². The lowest BCUT2D eigenvalue weighted by Gasteiger charge is -2.08. The standard InChI is InChI=1S/C10H10ClN3O4S/c1-7(5-12)6-13-19(17,18)10-3-2-8(14(15)16)4-9(10)11/h2-4,7,13H,6H2,1H3. The molecule has 0 spiro atoms. The van der Waals surface area contributed by atoms with Crippen molar-refractivity contribution in [3.8, 4) is 6.07 Å². The summed E-state index contributed by atoms with van der Waals surface area (Å²) in [6.07, 6.45) is 0. The van der Waals surface area contributed by atoms with Crippen LogP contribution in [0.2, 0.25) is 5.02 Å². The molecule has 0 aliphatic heterocycles. The summed E-state index contributed by atoms with van der Waals surface area (Å²) >= 11 is 5.72. The molecule has 1 atom stereocenters. The molecule has 1 aromatic rings. The third-order valence-corrected chi connectivity index (χ3v) is 4.12. The molecule has 19 heavy (non-hydrogen) atoms. The number of rotatable bonds is 5. The van der Waals surface area contributed by atoms with Crippen LogP contribution in [0.3, 0.4) is 0 Å². The Hall–Kier alpha value is -1.69. The monoisotopic (exact) mass is 303 g/mol. The molecule has 7 nitrogen and oxygen atoms in total. The molecule has 0 bridgehead atoms. The number of nitrogens with zero attached hydrogens (tertiary/aromatic N) is 2. The highest BCUT2D eigenvalue weighted by atomic mass is 35.5. The number of halogens is 1. The Bertz CT molecular complexity index is 639. The van der Waals surface area contributed by atoms with Crippen LogP contribution in [0.25, 0.3) is 0 Å². The van der Waals surface area contributed by atoms with Gasteiger partial charge in [0, 0.05) is 18.7 Å². The minimum atomic E-state index is -3.89. The first-order valence-electron chi connectivity index (χ1n) is 5.11. The zero-order valence-corrected chi connectivity index (χ0v) is 11.4. The van der Waals surface area contributed by atoms with Crippen molar-refractivity contribution in [3.63, 3.8) is 0 Å². The molecule has 0 heterocycles. The van der Waals surface area contributed by atoms with Gasteiger partial charge >= 0.3 is 0 Å². The Kier molecular flexibility index (Phi) is 4.83. The lowest BCUT2D eigenvalue weighted by Crippen LogP contribution is -2.28. The molecule has 0 aliphatic carbocycles. The first-order valence-corrected chi connectivity index (χ1v) is 6.97. The fraction of sp³-hybridized carbons (Fsp3) is 0.300. The molecule has 0 amide bonds. The predicted molar refractivity (Wildman–Crippen MR) is 68.1 cm³/mol. The van der Waals surface area contributed by atoms with Gasteiger partial charge in [0.15, 0.2) is 0 Å². The third-order valence-electron chi connectivity index (χ3n) is 2.22. The van der Waals surface area contributed by atoms with Gasteiger partial charge in [0.2, 0.25) is 10.0 Å². The van der Waals surface area contributed by atoms with E-state index in [4.69, 9.17) is 16.9 Å². The van der Waals surface area contributed by atoms with E-state index in [0.717, 1.165) is 18.2 Å². The summed E-state index contributed by atoms with van der Waals surface area (Å²) in [5.74, 6) is -0.494. The number of nitriles is 1. The molecule has 1 aromatic carbocycles. The van der Waals surface area contributed by atoms with E-state index in [-0.39, 0.29) is 22.2 Å². The van der Waals surface area contributed by atoms with Crippen molar-refractivity contribution in [1.82, 2.24) is 4.72 Å². The van der Waals surface area contributed by atoms with E-state index in [2.05, 4.69) is 4.72 Å². The van der Waals surface area contributed by atoms with Crippen molar-refractivity contribution in [2.45, 2.75) is 11.8 Å². The molecular formula is C10H10ClN3O4S. The van der Waals surface area contributed by atoms with E-state index in [1.54, 1.807) is 6.92 Å². The van der Waals surface area contributed by atoms with Gasteiger partial charge in [0.05, 0.1) is 21.9 Å². The van der Waals surface area contributed by atoms with E-state index in [0.29, 0.717) is 0 Å².